The second-order valence-corrected chi connectivity index (χ2v) is 1.57. The Hall–Kier alpha value is 0.0749. The summed E-state index contributed by atoms with van der Waals surface area (Å²) in [4.78, 5) is 0. The molecule has 0 spiro atoms. The molecule has 3 heteroatoms. The van der Waals surface area contributed by atoms with Crippen LogP contribution in [-0.4, -0.2) is 7.57 Å². The lowest BCUT2D eigenvalue weighted by molar-refractivity contribution is 0.932. The summed E-state index contributed by atoms with van der Waals surface area (Å²) in [5, 5.41) is 0. The largest absolute Gasteiger partial charge is 0.208 e. The molecule has 0 saturated heterocycles. The molecule has 0 aromatic rings. The molecule has 0 nitrogen and oxygen atoms in total. The molecular weight excluding hydrogens is 72.8 g/mol. The first-order valence-corrected chi connectivity index (χ1v) is 2.62. The molecule has 0 saturated carbocycles. The van der Waals surface area contributed by atoms with Crippen molar-refractivity contribution in [1.29, 1.82) is 0 Å². The Bertz CT molecular complexity index is 54.2. The van der Waals surface area contributed by atoms with E-state index < -0.39 is 7.57 Å². The van der Waals surface area contributed by atoms with E-state index in [1.807, 2.05) is 0 Å². The fourth-order valence-corrected chi connectivity index (χ4v) is 0. The van der Waals surface area contributed by atoms with Gasteiger partial charge in [-0.25, -0.2) is 4.20 Å². The smallest absolute Gasteiger partial charge is 0.201 e. The third-order valence-corrected chi connectivity index (χ3v) is 0. The molecule has 0 heterocycles. The molecule has 0 aromatic heterocycles. The normalized spacial score (nSPS) is 10.5. The molecular formula is CH3BFP. The molecule has 0 amide bonds. The summed E-state index contributed by atoms with van der Waals surface area (Å²) in [7, 11) is -0.278. The standard InChI is InChI=1S/CH3BFP/c1-4(2)3/h1H,2H2. The van der Waals surface area contributed by atoms with Gasteiger partial charge in [-0.15, -0.1) is 6.13 Å². The van der Waals surface area contributed by atoms with Gasteiger partial charge in [-0.3, -0.25) is 0 Å². The second kappa shape index (κ2) is 1.40. The van der Waals surface area contributed by atoms with Crippen LogP contribution in [-0.2, 0) is 0 Å². The van der Waals surface area contributed by atoms with Gasteiger partial charge in [0.25, 0.3) is 0 Å². The van der Waals surface area contributed by atoms with E-state index in [0.29, 0.717) is 0 Å². The van der Waals surface area contributed by atoms with Crippen molar-refractivity contribution in [1.82, 2.24) is 0 Å². The van der Waals surface area contributed by atoms with E-state index in [4.69, 9.17) is 0 Å². The zero-order valence-corrected chi connectivity index (χ0v) is 3.30. The Labute approximate surface area is 26.6 Å². The van der Waals surface area contributed by atoms with E-state index in [0.717, 1.165) is 0 Å². The first-order valence-electron chi connectivity index (χ1n) is 0.874. The average molecular weight is 75.8 g/mol. The predicted octanol–water partition coefficient (Wildman–Crippen LogP) is 0.490. The van der Waals surface area contributed by atoms with Crippen molar-refractivity contribution >= 4 is 15.1 Å². The van der Waals surface area contributed by atoms with Gasteiger partial charge in [0.1, 0.15) is 0 Å². The van der Waals surface area contributed by atoms with Crippen molar-refractivity contribution in [3.63, 3.8) is 0 Å². The molecule has 22 valence electrons. The zero-order chi connectivity index (χ0) is 3.58. The Kier molecular flexibility index (Phi) is 1.43. The molecule has 0 rings (SSSR count). The van der Waals surface area contributed by atoms with Crippen molar-refractivity contribution in [2.75, 3.05) is 0 Å². The van der Waals surface area contributed by atoms with Crippen LogP contribution < -0.4 is 0 Å². The minimum absolute atomic E-state index is 1.34. The lowest BCUT2D eigenvalue weighted by atomic mass is 10.8. The van der Waals surface area contributed by atoms with E-state index in [-0.39, 0.29) is 0 Å². The van der Waals surface area contributed by atoms with Gasteiger partial charge in [-0.2, -0.15) is 0 Å². The lowest BCUT2D eigenvalue weighted by Gasteiger charge is -1.54. The maximum atomic E-state index is 10.8. The molecule has 0 radical (unpaired) electrons. The van der Waals surface area contributed by atoms with Crippen molar-refractivity contribution in [3.05, 3.63) is 0 Å². The van der Waals surface area contributed by atoms with Crippen LogP contribution in [0.4, 0.5) is 4.20 Å². The fourth-order valence-electron chi connectivity index (χ4n) is 0. The highest BCUT2D eigenvalue weighted by atomic mass is 31.1. The third kappa shape index (κ3) is 427. The molecule has 0 aromatic carbocycles. The summed E-state index contributed by atoms with van der Waals surface area (Å²) >= 11 is 0. The van der Waals surface area contributed by atoms with E-state index >= 15 is 0 Å². The van der Waals surface area contributed by atoms with Gasteiger partial charge in [-0.05, 0) is 0 Å². The summed E-state index contributed by atoms with van der Waals surface area (Å²) < 4.78 is 10.8. The summed E-state index contributed by atoms with van der Waals surface area (Å²) in [6.07, 6.45) is 4.51. The zero-order valence-electron chi connectivity index (χ0n) is 2.40. The quantitative estimate of drug-likeness (QED) is 0.291. The van der Waals surface area contributed by atoms with Gasteiger partial charge in [0.15, 0.2) is 0 Å². The number of halogens is 1. The van der Waals surface area contributed by atoms with Crippen molar-refractivity contribution < 1.29 is 4.20 Å². The van der Waals surface area contributed by atoms with Gasteiger partial charge in [-0.1, -0.05) is 0 Å². The average Bonchev–Trinajstić information content (AvgIpc) is 0.811. The van der Waals surface area contributed by atoms with Gasteiger partial charge >= 0.3 is 0 Å². The summed E-state index contributed by atoms with van der Waals surface area (Å²) in [6, 6.07) is 0. The van der Waals surface area contributed by atoms with Crippen molar-refractivity contribution in [2.45, 2.75) is 0 Å². The van der Waals surface area contributed by atoms with Crippen molar-refractivity contribution in [2.24, 2.45) is 0 Å². The van der Waals surface area contributed by atoms with E-state index in [9.17, 15) is 4.20 Å². The highest BCUT2D eigenvalue weighted by Crippen LogP contribution is 2.05. The third-order valence-electron chi connectivity index (χ3n) is 0. The van der Waals surface area contributed by atoms with Gasteiger partial charge in [0, 0.05) is 7.57 Å². The molecule has 0 N–H and O–H groups in total. The number of hydrogen-bond acceptors (Lipinski definition) is 0. The van der Waals surface area contributed by atoms with Gasteiger partial charge in [0.2, 0.25) is 7.57 Å². The first-order chi connectivity index (χ1) is 1.73. The summed E-state index contributed by atoms with van der Waals surface area (Å²) in [5.74, 6) is 0. The minimum atomic E-state index is -1.62. The SMILES string of the molecule is BP(#C)F. The van der Waals surface area contributed by atoms with Crippen LogP contribution in [0.15, 0.2) is 0 Å². The first kappa shape index (κ1) is 4.07. The summed E-state index contributed by atoms with van der Waals surface area (Å²) in [5.41, 5.74) is 0. The Morgan fingerprint density at radius 2 is 2.00 bits per heavy atom. The van der Waals surface area contributed by atoms with Crippen LogP contribution in [0.25, 0.3) is 0 Å². The molecule has 0 aliphatic carbocycles. The second-order valence-electron chi connectivity index (χ2n) is 0.525. The van der Waals surface area contributed by atoms with Crippen LogP contribution in [0.1, 0.15) is 0 Å². The lowest BCUT2D eigenvalue weighted by Crippen LogP contribution is -1.22. The molecule has 0 aliphatic rings. The fraction of sp³-hybridized carbons (Fsp3) is 0. The van der Waals surface area contributed by atoms with Crippen LogP contribution in [0, 0.1) is 6.13 Å². The van der Waals surface area contributed by atoms with E-state index in [1.165, 1.54) is 7.57 Å². The highest BCUT2D eigenvalue weighted by Gasteiger charge is 1.54. The molecule has 4 heavy (non-hydrogen) atoms. The molecule has 0 fully saturated rings. The van der Waals surface area contributed by atoms with E-state index in [2.05, 4.69) is 6.13 Å². The molecule has 0 bridgehead atoms. The minimum Gasteiger partial charge on any atom is -0.201 e. The molecule has 0 aliphatic heterocycles. The molecule has 1 atom stereocenters. The maximum Gasteiger partial charge on any atom is 0.208 e. The molecule has 1 unspecified atom stereocenters. The van der Waals surface area contributed by atoms with Gasteiger partial charge in [0.05, 0.1) is 0 Å². The topological polar surface area (TPSA) is 0 Å². The van der Waals surface area contributed by atoms with Gasteiger partial charge < -0.3 is 0 Å². The van der Waals surface area contributed by atoms with Crippen molar-refractivity contribution in [3.8, 4) is 6.13 Å². The van der Waals surface area contributed by atoms with Crippen LogP contribution in [0.5, 0.6) is 0 Å². The Morgan fingerprint density at radius 3 is 2.00 bits per heavy atom. The summed E-state index contributed by atoms with van der Waals surface area (Å²) in [6.45, 7) is 0. The Balaban J connectivity index is 3.02. The highest BCUT2D eigenvalue weighted by molar-refractivity contribution is 7.68. The van der Waals surface area contributed by atoms with Crippen LogP contribution >= 0.6 is 7.57 Å². The van der Waals surface area contributed by atoms with Crippen LogP contribution in [0.2, 0.25) is 0 Å². The van der Waals surface area contributed by atoms with E-state index in [1.54, 1.807) is 0 Å². The maximum absolute atomic E-state index is 10.8. The number of hydrogen-bond donors (Lipinski definition) is 0. The van der Waals surface area contributed by atoms with Crippen LogP contribution in [0.3, 0.4) is 0 Å². The monoisotopic (exact) mass is 76.0 g/mol. The Morgan fingerprint density at radius 1 is 2.00 bits per heavy atom. The predicted molar refractivity (Wildman–Crippen MR) is 21.5 cm³/mol. The number of rotatable bonds is 0.